The van der Waals surface area contributed by atoms with E-state index in [1.165, 1.54) is 17.2 Å². The summed E-state index contributed by atoms with van der Waals surface area (Å²) in [6.45, 7) is 0.985. The van der Waals surface area contributed by atoms with E-state index in [4.69, 9.17) is 9.15 Å². The van der Waals surface area contributed by atoms with Crippen LogP contribution in [0.3, 0.4) is 0 Å². The first-order chi connectivity index (χ1) is 17.1. The molecule has 3 amide bonds. The Morgan fingerprint density at radius 1 is 0.943 bits per heavy atom. The lowest BCUT2D eigenvalue weighted by Gasteiger charge is -2.32. The molecule has 0 bridgehead atoms. The molecule has 35 heavy (non-hydrogen) atoms. The molecule has 1 saturated heterocycles. The molecule has 2 aromatic carbocycles. The topological polar surface area (TPSA) is 101 Å². The molecule has 1 aliphatic heterocycles. The van der Waals surface area contributed by atoms with Crippen LogP contribution in [0.2, 0.25) is 0 Å². The van der Waals surface area contributed by atoms with Crippen LogP contribution in [0.5, 0.6) is 0 Å². The van der Waals surface area contributed by atoms with E-state index >= 15 is 0 Å². The lowest BCUT2D eigenvalue weighted by Crippen LogP contribution is -2.48. The summed E-state index contributed by atoms with van der Waals surface area (Å²) in [4.78, 5) is 40.8. The van der Waals surface area contributed by atoms with Gasteiger partial charge in [-0.15, -0.1) is 0 Å². The monoisotopic (exact) mass is 475 g/mol. The number of furan rings is 1. The molecule has 182 valence electrons. The molecule has 1 aromatic heterocycles. The van der Waals surface area contributed by atoms with Crippen LogP contribution >= 0.6 is 0 Å². The third-order valence-electron chi connectivity index (χ3n) is 5.86. The Morgan fingerprint density at radius 3 is 2.34 bits per heavy atom. The van der Waals surface area contributed by atoms with Crippen molar-refractivity contribution in [2.45, 2.75) is 31.5 Å². The van der Waals surface area contributed by atoms with Crippen molar-refractivity contribution in [1.82, 2.24) is 15.5 Å². The number of amides is 3. The summed E-state index contributed by atoms with van der Waals surface area (Å²) in [5, 5.41) is 5.57. The van der Waals surface area contributed by atoms with Gasteiger partial charge in [0.1, 0.15) is 6.04 Å². The number of ether oxygens (including phenoxy) is 1. The van der Waals surface area contributed by atoms with Crippen molar-refractivity contribution in [1.29, 1.82) is 0 Å². The van der Waals surface area contributed by atoms with Crippen LogP contribution in [-0.2, 0) is 20.9 Å². The van der Waals surface area contributed by atoms with Crippen LogP contribution in [0.1, 0.15) is 40.6 Å². The maximum atomic E-state index is 13.5. The molecule has 8 nitrogen and oxygen atoms in total. The van der Waals surface area contributed by atoms with Crippen molar-refractivity contribution < 1.29 is 23.5 Å². The summed E-state index contributed by atoms with van der Waals surface area (Å²) in [6.07, 6.45) is 3.22. The molecule has 1 aliphatic rings. The van der Waals surface area contributed by atoms with Gasteiger partial charge in [-0.05, 0) is 36.1 Å². The van der Waals surface area contributed by atoms with Crippen molar-refractivity contribution in [3.05, 3.63) is 95.9 Å². The predicted octanol–water partition coefficient (Wildman–Crippen LogP) is 3.07. The van der Waals surface area contributed by atoms with E-state index in [1.54, 1.807) is 6.07 Å². The highest BCUT2D eigenvalue weighted by Gasteiger charge is 2.32. The molecule has 4 rings (SSSR count). The number of rotatable bonds is 10. The van der Waals surface area contributed by atoms with E-state index in [9.17, 15) is 14.4 Å². The largest absolute Gasteiger partial charge is 0.459 e. The van der Waals surface area contributed by atoms with Gasteiger partial charge >= 0.3 is 0 Å². The predicted molar refractivity (Wildman–Crippen MR) is 129 cm³/mol. The van der Waals surface area contributed by atoms with Crippen LogP contribution in [0.15, 0.2) is 83.5 Å². The van der Waals surface area contributed by atoms with Gasteiger partial charge in [0.2, 0.25) is 11.8 Å². The minimum atomic E-state index is -0.883. The summed E-state index contributed by atoms with van der Waals surface area (Å²) in [5.74, 6) is -1.08. The second-order valence-corrected chi connectivity index (χ2v) is 8.36. The molecule has 2 atom stereocenters. The van der Waals surface area contributed by atoms with Crippen molar-refractivity contribution in [3.8, 4) is 0 Å². The summed E-state index contributed by atoms with van der Waals surface area (Å²) in [6, 6.07) is 20.9. The number of nitrogens with zero attached hydrogens (tertiary/aromatic N) is 1. The van der Waals surface area contributed by atoms with Gasteiger partial charge in [0.15, 0.2) is 5.76 Å². The molecule has 8 heteroatoms. The molecule has 0 aliphatic carbocycles. The lowest BCUT2D eigenvalue weighted by molar-refractivity contribution is -0.141. The zero-order valence-electron chi connectivity index (χ0n) is 19.4. The van der Waals surface area contributed by atoms with E-state index in [0.717, 1.165) is 18.4 Å². The molecule has 0 saturated carbocycles. The second-order valence-electron chi connectivity index (χ2n) is 8.36. The highest BCUT2D eigenvalue weighted by Crippen LogP contribution is 2.24. The van der Waals surface area contributed by atoms with Crippen LogP contribution in [0.4, 0.5) is 0 Å². The Balaban J connectivity index is 1.57. The van der Waals surface area contributed by atoms with Gasteiger partial charge in [-0.1, -0.05) is 60.7 Å². The maximum absolute atomic E-state index is 13.5. The summed E-state index contributed by atoms with van der Waals surface area (Å²) < 4.78 is 10.7. The second kappa shape index (κ2) is 12.0. The highest BCUT2D eigenvalue weighted by molar-refractivity contribution is 5.95. The highest BCUT2D eigenvalue weighted by atomic mass is 16.5. The first-order valence-electron chi connectivity index (χ1n) is 11.7. The van der Waals surface area contributed by atoms with Gasteiger partial charge in [0.05, 0.1) is 18.9 Å². The van der Waals surface area contributed by atoms with E-state index in [2.05, 4.69) is 10.6 Å². The van der Waals surface area contributed by atoms with Gasteiger partial charge in [-0.3, -0.25) is 14.4 Å². The summed E-state index contributed by atoms with van der Waals surface area (Å²) >= 11 is 0. The third kappa shape index (κ3) is 6.58. The van der Waals surface area contributed by atoms with Crippen molar-refractivity contribution in [2.24, 2.45) is 0 Å². The van der Waals surface area contributed by atoms with E-state index in [-0.39, 0.29) is 30.9 Å². The summed E-state index contributed by atoms with van der Waals surface area (Å²) in [5.41, 5.74) is 1.55. The fourth-order valence-corrected chi connectivity index (χ4v) is 4.08. The average Bonchev–Trinajstić information content (AvgIpc) is 3.62. The van der Waals surface area contributed by atoms with Crippen molar-refractivity contribution in [3.63, 3.8) is 0 Å². The van der Waals surface area contributed by atoms with E-state index < -0.39 is 17.9 Å². The Labute approximate surface area is 204 Å². The molecule has 0 spiro atoms. The Bertz CT molecular complexity index is 1100. The number of nitrogens with one attached hydrogen (secondary N) is 2. The molecule has 3 aromatic rings. The number of benzene rings is 2. The van der Waals surface area contributed by atoms with E-state index in [0.29, 0.717) is 18.7 Å². The smallest absolute Gasteiger partial charge is 0.287 e. The van der Waals surface area contributed by atoms with Gasteiger partial charge in [0, 0.05) is 19.7 Å². The lowest BCUT2D eigenvalue weighted by atomic mass is 10.0. The quantitative estimate of drug-likeness (QED) is 0.469. The maximum Gasteiger partial charge on any atom is 0.287 e. The van der Waals surface area contributed by atoms with Crippen molar-refractivity contribution in [2.75, 3.05) is 19.7 Å². The Hall–Kier alpha value is -3.91. The minimum absolute atomic E-state index is 0.0266. The molecule has 0 radical (unpaired) electrons. The number of carbonyl (C=O) groups excluding carboxylic acids is 3. The Kier molecular flexibility index (Phi) is 8.30. The molecule has 1 fully saturated rings. The van der Waals surface area contributed by atoms with Gasteiger partial charge in [-0.25, -0.2) is 0 Å². The third-order valence-corrected chi connectivity index (χ3v) is 5.86. The standard InChI is InChI=1S/C27H29N3O5/c31-24(18-29-26(32)23-14-8-16-35-23)30(19-20-9-3-1-4-10-20)25(21-11-5-2-6-12-21)27(33)28-17-22-13-7-15-34-22/h1-6,8-12,14,16,22,25H,7,13,15,17-19H2,(H,28,33)(H,29,32)/t22-,25+/m0/s1. The van der Waals surface area contributed by atoms with Gasteiger partial charge < -0.3 is 24.7 Å². The number of carbonyl (C=O) groups is 3. The normalized spacial score (nSPS) is 15.8. The molecule has 2 heterocycles. The van der Waals surface area contributed by atoms with Gasteiger partial charge in [0.25, 0.3) is 5.91 Å². The fourth-order valence-electron chi connectivity index (χ4n) is 4.08. The first kappa shape index (κ1) is 24.2. The zero-order valence-corrected chi connectivity index (χ0v) is 19.4. The molecular formula is C27H29N3O5. The number of hydrogen-bond acceptors (Lipinski definition) is 5. The van der Waals surface area contributed by atoms with Crippen LogP contribution < -0.4 is 10.6 Å². The van der Waals surface area contributed by atoms with Crippen LogP contribution in [0, 0.1) is 0 Å². The molecule has 0 unspecified atom stereocenters. The minimum Gasteiger partial charge on any atom is -0.459 e. The fraction of sp³-hybridized carbons (Fsp3) is 0.296. The van der Waals surface area contributed by atoms with Crippen LogP contribution in [0.25, 0.3) is 0 Å². The van der Waals surface area contributed by atoms with Crippen LogP contribution in [-0.4, -0.2) is 48.4 Å². The number of hydrogen-bond donors (Lipinski definition) is 2. The van der Waals surface area contributed by atoms with Crippen molar-refractivity contribution >= 4 is 17.7 Å². The molecular weight excluding hydrogens is 446 g/mol. The average molecular weight is 476 g/mol. The first-order valence-corrected chi connectivity index (χ1v) is 11.7. The summed E-state index contributed by atoms with van der Waals surface area (Å²) in [7, 11) is 0. The Morgan fingerprint density at radius 2 is 1.69 bits per heavy atom. The van der Waals surface area contributed by atoms with E-state index in [1.807, 2.05) is 60.7 Å². The van der Waals surface area contributed by atoms with Gasteiger partial charge in [-0.2, -0.15) is 0 Å². The zero-order chi connectivity index (χ0) is 24.5. The molecule has 2 N–H and O–H groups in total. The SMILES string of the molecule is O=C(NCC(=O)N(Cc1ccccc1)[C@@H](C(=O)NC[C@@H]1CCCO1)c1ccccc1)c1ccco1.